The van der Waals surface area contributed by atoms with Gasteiger partial charge in [-0.15, -0.1) is 0 Å². The lowest BCUT2D eigenvalue weighted by molar-refractivity contribution is 0.0903. The van der Waals surface area contributed by atoms with E-state index in [0.29, 0.717) is 5.76 Å². The van der Waals surface area contributed by atoms with Gasteiger partial charge in [-0.3, -0.25) is 0 Å². The van der Waals surface area contributed by atoms with Crippen LogP contribution < -0.4 is 4.74 Å². The lowest BCUT2D eigenvalue weighted by atomic mass is 10.2. The second-order valence-corrected chi connectivity index (χ2v) is 4.78. The molecule has 2 aromatic carbocycles. The van der Waals surface area contributed by atoms with E-state index < -0.39 is 6.10 Å². The number of fused-ring (bicyclic) bond motifs is 1. The van der Waals surface area contributed by atoms with Crippen molar-refractivity contribution in [1.29, 1.82) is 0 Å². The summed E-state index contributed by atoms with van der Waals surface area (Å²) in [6.45, 7) is 2.16. The zero-order valence-electron chi connectivity index (χ0n) is 11.2. The first-order chi connectivity index (χ1) is 9.74. The highest BCUT2D eigenvalue weighted by atomic mass is 16.5. The van der Waals surface area contributed by atoms with Gasteiger partial charge in [-0.05, 0) is 30.7 Å². The third kappa shape index (κ3) is 2.53. The van der Waals surface area contributed by atoms with Crippen LogP contribution in [0.25, 0.3) is 11.0 Å². The van der Waals surface area contributed by atoms with Crippen LogP contribution in [0.2, 0.25) is 0 Å². The smallest absolute Gasteiger partial charge is 0.145 e. The third-order valence-electron chi connectivity index (χ3n) is 3.24. The van der Waals surface area contributed by atoms with E-state index in [4.69, 9.17) is 9.15 Å². The molecule has 1 aromatic heterocycles. The summed E-state index contributed by atoms with van der Waals surface area (Å²) in [4.78, 5) is 0. The van der Waals surface area contributed by atoms with E-state index >= 15 is 0 Å². The van der Waals surface area contributed by atoms with Crippen molar-refractivity contribution in [3.8, 4) is 5.75 Å². The van der Waals surface area contributed by atoms with Gasteiger partial charge >= 0.3 is 0 Å². The molecular weight excluding hydrogens is 252 g/mol. The first-order valence-electron chi connectivity index (χ1n) is 6.59. The monoisotopic (exact) mass is 268 g/mol. The number of hydrogen-bond donors (Lipinski definition) is 1. The molecule has 0 radical (unpaired) electrons. The number of rotatable bonds is 4. The van der Waals surface area contributed by atoms with Crippen LogP contribution >= 0.6 is 0 Å². The molecule has 0 amide bonds. The van der Waals surface area contributed by atoms with Crippen molar-refractivity contribution >= 4 is 11.0 Å². The Morgan fingerprint density at radius 3 is 2.65 bits per heavy atom. The standard InChI is InChI=1S/C17H16O3/c1-12-6-5-7-13-10-16(20-17(12)13)15(18)11-19-14-8-3-2-4-9-14/h2-10,15,18H,11H2,1H3. The highest BCUT2D eigenvalue weighted by molar-refractivity contribution is 5.80. The Balaban J connectivity index is 1.75. The maximum Gasteiger partial charge on any atom is 0.145 e. The normalized spacial score (nSPS) is 12.5. The molecule has 3 aromatic rings. The summed E-state index contributed by atoms with van der Waals surface area (Å²) in [7, 11) is 0. The average Bonchev–Trinajstić information content (AvgIpc) is 2.91. The van der Waals surface area contributed by atoms with Gasteiger partial charge in [0.25, 0.3) is 0 Å². The molecule has 0 saturated carbocycles. The minimum Gasteiger partial charge on any atom is -0.490 e. The molecule has 20 heavy (non-hydrogen) atoms. The van der Waals surface area contributed by atoms with Crippen LogP contribution in [0.5, 0.6) is 5.75 Å². The first-order valence-corrected chi connectivity index (χ1v) is 6.59. The molecule has 0 spiro atoms. The van der Waals surface area contributed by atoms with Crippen LogP contribution in [0, 0.1) is 6.92 Å². The SMILES string of the molecule is Cc1cccc2cc(C(O)COc3ccccc3)oc12. The summed E-state index contributed by atoms with van der Waals surface area (Å²) in [5.74, 6) is 1.27. The second kappa shape index (κ2) is 5.39. The second-order valence-electron chi connectivity index (χ2n) is 4.78. The van der Waals surface area contributed by atoms with Gasteiger partial charge in [0, 0.05) is 5.39 Å². The fraction of sp³-hybridized carbons (Fsp3) is 0.176. The van der Waals surface area contributed by atoms with E-state index in [2.05, 4.69) is 0 Å². The number of para-hydroxylation sites is 2. The lowest BCUT2D eigenvalue weighted by Crippen LogP contribution is -2.08. The van der Waals surface area contributed by atoms with Crippen molar-refractivity contribution in [3.63, 3.8) is 0 Å². The van der Waals surface area contributed by atoms with Crippen LogP contribution in [-0.2, 0) is 0 Å². The molecule has 0 aliphatic carbocycles. The van der Waals surface area contributed by atoms with Crippen LogP contribution in [0.4, 0.5) is 0 Å². The van der Waals surface area contributed by atoms with Gasteiger partial charge < -0.3 is 14.3 Å². The van der Waals surface area contributed by atoms with Crippen molar-refractivity contribution in [1.82, 2.24) is 0 Å². The lowest BCUT2D eigenvalue weighted by Gasteiger charge is -2.09. The predicted molar refractivity (Wildman–Crippen MR) is 77.8 cm³/mol. The maximum absolute atomic E-state index is 10.2. The van der Waals surface area contributed by atoms with E-state index in [1.807, 2.05) is 61.5 Å². The molecule has 102 valence electrons. The van der Waals surface area contributed by atoms with Gasteiger partial charge in [-0.25, -0.2) is 0 Å². The number of hydrogen-bond acceptors (Lipinski definition) is 3. The van der Waals surface area contributed by atoms with Crippen molar-refractivity contribution < 1.29 is 14.3 Å². The van der Waals surface area contributed by atoms with Crippen LogP contribution in [0.15, 0.2) is 59.0 Å². The van der Waals surface area contributed by atoms with Gasteiger partial charge in [-0.1, -0.05) is 36.4 Å². The summed E-state index contributed by atoms with van der Waals surface area (Å²) in [5.41, 5.74) is 1.88. The molecule has 0 saturated heterocycles. The number of furan rings is 1. The Morgan fingerprint density at radius 2 is 1.90 bits per heavy atom. The van der Waals surface area contributed by atoms with Crippen molar-refractivity contribution in [2.45, 2.75) is 13.0 Å². The molecule has 1 N–H and O–H groups in total. The summed E-state index contributed by atoms with van der Waals surface area (Å²) >= 11 is 0. The van der Waals surface area contributed by atoms with E-state index in [-0.39, 0.29) is 6.61 Å². The topological polar surface area (TPSA) is 42.6 Å². The zero-order valence-corrected chi connectivity index (χ0v) is 11.2. The van der Waals surface area contributed by atoms with Gasteiger partial charge in [-0.2, -0.15) is 0 Å². The van der Waals surface area contributed by atoms with E-state index in [1.54, 1.807) is 0 Å². The van der Waals surface area contributed by atoms with Gasteiger partial charge in [0.2, 0.25) is 0 Å². The Bertz CT molecular complexity index is 701. The van der Waals surface area contributed by atoms with Gasteiger partial charge in [0.15, 0.2) is 0 Å². The molecule has 0 fully saturated rings. The Morgan fingerprint density at radius 1 is 1.10 bits per heavy atom. The maximum atomic E-state index is 10.2. The summed E-state index contributed by atoms with van der Waals surface area (Å²) in [6.07, 6.45) is -0.776. The van der Waals surface area contributed by atoms with Crippen LogP contribution in [0.3, 0.4) is 0 Å². The average molecular weight is 268 g/mol. The Labute approximate surface area is 117 Å². The van der Waals surface area contributed by atoms with Crippen LogP contribution in [-0.4, -0.2) is 11.7 Å². The molecule has 3 heteroatoms. The van der Waals surface area contributed by atoms with Crippen molar-refractivity contribution in [2.75, 3.05) is 6.61 Å². The number of aliphatic hydroxyl groups excluding tert-OH is 1. The molecule has 3 nitrogen and oxygen atoms in total. The molecular formula is C17H16O3. The predicted octanol–water partition coefficient (Wildman–Crippen LogP) is 3.85. The number of benzene rings is 2. The van der Waals surface area contributed by atoms with Crippen molar-refractivity contribution in [3.05, 3.63) is 65.9 Å². The Kier molecular flexibility index (Phi) is 3.44. The van der Waals surface area contributed by atoms with E-state index in [0.717, 1.165) is 22.3 Å². The largest absolute Gasteiger partial charge is 0.490 e. The fourth-order valence-electron chi connectivity index (χ4n) is 2.17. The highest BCUT2D eigenvalue weighted by Gasteiger charge is 2.15. The molecule has 1 heterocycles. The number of aryl methyl sites for hydroxylation is 1. The minimum absolute atomic E-state index is 0.170. The molecule has 1 unspecified atom stereocenters. The van der Waals surface area contributed by atoms with Crippen molar-refractivity contribution in [2.24, 2.45) is 0 Å². The summed E-state index contributed by atoms with van der Waals surface area (Å²) in [6, 6.07) is 17.2. The first kappa shape index (κ1) is 12.8. The quantitative estimate of drug-likeness (QED) is 0.781. The number of ether oxygens (including phenoxy) is 1. The minimum atomic E-state index is -0.776. The summed E-state index contributed by atoms with van der Waals surface area (Å²) in [5, 5.41) is 11.2. The fourth-order valence-corrected chi connectivity index (χ4v) is 2.17. The van der Waals surface area contributed by atoms with Gasteiger partial charge in [0.1, 0.15) is 29.8 Å². The molecule has 3 rings (SSSR count). The molecule has 1 atom stereocenters. The van der Waals surface area contributed by atoms with Gasteiger partial charge in [0.05, 0.1) is 0 Å². The molecule has 0 bridgehead atoms. The van der Waals surface area contributed by atoms with E-state index in [9.17, 15) is 5.11 Å². The molecule has 0 aliphatic heterocycles. The Hall–Kier alpha value is -2.26. The summed E-state index contributed by atoms with van der Waals surface area (Å²) < 4.78 is 11.3. The van der Waals surface area contributed by atoms with Crippen LogP contribution in [0.1, 0.15) is 17.4 Å². The third-order valence-corrected chi connectivity index (χ3v) is 3.24. The van der Waals surface area contributed by atoms with E-state index in [1.165, 1.54) is 0 Å². The zero-order chi connectivity index (χ0) is 13.9. The highest BCUT2D eigenvalue weighted by Crippen LogP contribution is 2.26. The molecule has 0 aliphatic rings. The number of aliphatic hydroxyl groups is 1.